The van der Waals surface area contributed by atoms with Crippen LogP contribution in [0.25, 0.3) is 0 Å². The van der Waals surface area contributed by atoms with Crippen LogP contribution in [0, 0.1) is 17.8 Å². The van der Waals surface area contributed by atoms with E-state index in [0.29, 0.717) is 12.5 Å². The molecule has 142 valence electrons. The largest absolute Gasteiger partial charge is 0.355 e. The molecule has 1 amide bonds. The van der Waals surface area contributed by atoms with Crippen molar-refractivity contribution in [2.75, 3.05) is 13.1 Å². The molecule has 2 N–H and O–H groups in total. The van der Waals surface area contributed by atoms with E-state index in [9.17, 15) is 4.79 Å². The number of hydrogen-bond donors (Lipinski definition) is 2. The quantitative estimate of drug-likeness (QED) is 0.776. The summed E-state index contributed by atoms with van der Waals surface area (Å²) in [7, 11) is 0. The van der Waals surface area contributed by atoms with E-state index in [4.69, 9.17) is 0 Å². The van der Waals surface area contributed by atoms with E-state index in [1.54, 1.807) is 0 Å². The van der Waals surface area contributed by atoms with Gasteiger partial charge in [0, 0.05) is 12.1 Å². The number of hydrogen-bond acceptors (Lipinski definition) is 2. The highest BCUT2D eigenvalue weighted by Gasteiger charge is 2.50. The Balaban J connectivity index is 1.20. The second-order valence-corrected chi connectivity index (χ2v) is 9.55. The molecular formula is C23H34N2O. The van der Waals surface area contributed by atoms with Crippen LogP contribution in [0.2, 0.25) is 0 Å². The predicted octanol–water partition coefficient (Wildman–Crippen LogP) is 4.03. The molecule has 0 atom stereocenters. The van der Waals surface area contributed by atoms with Crippen molar-refractivity contribution in [2.24, 2.45) is 17.8 Å². The van der Waals surface area contributed by atoms with E-state index in [-0.39, 0.29) is 11.4 Å². The maximum absolute atomic E-state index is 12.3. The van der Waals surface area contributed by atoms with Gasteiger partial charge in [-0.15, -0.1) is 0 Å². The van der Waals surface area contributed by atoms with Gasteiger partial charge in [0.1, 0.15) is 0 Å². The second kappa shape index (κ2) is 7.34. The highest BCUT2D eigenvalue weighted by Crippen LogP contribution is 2.55. The Morgan fingerprint density at radius 2 is 1.62 bits per heavy atom. The predicted molar refractivity (Wildman–Crippen MR) is 106 cm³/mol. The number of nitrogens with one attached hydrogen (secondary N) is 2. The Morgan fingerprint density at radius 1 is 1.04 bits per heavy atom. The van der Waals surface area contributed by atoms with Crippen molar-refractivity contribution in [3.63, 3.8) is 0 Å². The Morgan fingerprint density at radius 3 is 2.15 bits per heavy atom. The van der Waals surface area contributed by atoms with Gasteiger partial charge in [-0.3, -0.25) is 4.79 Å². The average molecular weight is 355 g/mol. The third kappa shape index (κ3) is 3.98. The Labute approximate surface area is 158 Å². The first-order chi connectivity index (χ1) is 12.5. The maximum atomic E-state index is 12.3. The molecule has 3 nitrogen and oxygen atoms in total. The zero-order valence-electron chi connectivity index (χ0n) is 16.4. The van der Waals surface area contributed by atoms with Crippen molar-refractivity contribution < 1.29 is 4.79 Å². The monoisotopic (exact) mass is 354 g/mol. The van der Waals surface area contributed by atoms with Crippen molar-refractivity contribution in [1.82, 2.24) is 10.6 Å². The van der Waals surface area contributed by atoms with Crippen molar-refractivity contribution in [3.05, 3.63) is 35.4 Å². The van der Waals surface area contributed by atoms with Crippen LogP contribution < -0.4 is 10.6 Å². The molecule has 0 saturated heterocycles. The molecule has 0 spiro atoms. The van der Waals surface area contributed by atoms with E-state index in [1.165, 1.54) is 49.7 Å². The molecule has 3 heteroatoms. The summed E-state index contributed by atoms with van der Waals surface area (Å²) < 4.78 is 0. The van der Waals surface area contributed by atoms with E-state index in [0.717, 1.165) is 30.7 Å². The highest BCUT2D eigenvalue weighted by atomic mass is 16.1. The van der Waals surface area contributed by atoms with Gasteiger partial charge in [-0.2, -0.15) is 0 Å². The number of amides is 1. The van der Waals surface area contributed by atoms with E-state index in [1.807, 2.05) is 0 Å². The molecule has 0 radical (unpaired) electrons. The molecular weight excluding hydrogens is 320 g/mol. The fourth-order valence-electron chi connectivity index (χ4n) is 6.07. The minimum Gasteiger partial charge on any atom is -0.355 e. The summed E-state index contributed by atoms with van der Waals surface area (Å²) in [6.07, 6.45) is 9.15. The van der Waals surface area contributed by atoms with Crippen molar-refractivity contribution in [1.29, 1.82) is 0 Å². The third-order valence-electron chi connectivity index (χ3n) is 7.04. The number of carbonyl (C=O) groups excluding carboxylic acids is 1. The van der Waals surface area contributed by atoms with Crippen LogP contribution in [-0.4, -0.2) is 24.5 Å². The van der Waals surface area contributed by atoms with E-state index in [2.05, 4.69) is 48.7 Å². The van der Waals surface area contributed by atoms with Crippen LogP contribution in [-0.2, 0) is 11.2 Å². The van der Waals surface area contributed by atoms with Crippen LogP contribution in [0.5, 0.6) is 0 Å². The molecule has 4 aliphatic rings. The van der Waals surface area contributed by atoms with E-state index < -0.39 is 0 Å². The molecule has 4 saturated carbocycles. The van der Waals surface area contributed by atoms with Crippen molar-refractivity contribution in [2.45, 2.75) is 70.3 Å². The normalized spacial score (nSPS) is 32.2. The van der Waals surface area contributed by atoms with Crippen LogP contribution in [0.1, 0.15) is 69.4 Å². The molecule has 4 bridgehead atoms. The summed E-state index contributed by atoms with van der Waals surface area (Å²) in [6, 6.07) is 8.79. The summed E-state index contributed by atoms with van der Waals surface area (Å²) >= 11 is 0. The zero-order chi connectivity index (χ0) is 18.1. The summed E-state index contributed by atoms with van der Waals surface area (Å²) in [6.45, 7) is 5.64. The van der Waals surface area contributed by atoms with Gasteiger partial charge in [0.05, 0.1) is 6.54 Å². The lowest BCUT2D eigenvalue weighted by Gasteiger charge is -2.57. The zero-order valence-corrected chi connectivity index (χ0v) is 16.4. The minimum absolute atomic E-state index is 0.152. The van der Waals surface area contributed by atoms with Crippen LogP contribution in [0.4, 0.5) is 0 Å². The fraction of sp³-hybridized carbons (Fsp3) is 0.696. The minimum atomic E-state index is 0.152. The van der Waals surface area contributed by atoms with Crippen molar-refractivity contribution in [3.8, 4) is 0 Å². The molecule has 26 heavy (non-hydrogen) atoms. The fourth-order valence-corrected chi connectivity index (χ4v) is 6.07. The van der Waals surface area contributed by atoms with Gasteiger partial charge in [-0.25, -0.2) is 0 Å². The SMILES string of the molecule is CC(C)c1ccc(CCNC(=O)CNC23CC4CC(CC(C4)C2)C3)cc1. The molecule has 1 aromatic carbocycles. The van der Waals surface area contributed by atoms with Gasteiger partial charge < -0.3 is 10.6 Å². The van der Waals surface area contributed by atoms with Gasteiger partial charge in [0.25, 0.3) is 0 Å². The summed E-state index contributed by atoms with van der Waals surface area (Å²) in [5, 5.41) is 6.78. The lowest BCUT2D eigenvalue weighted by molar-refractivity contribution is -0.121. The molecule has 4 aliphatic carbocycles. The van der Waals surface area contributed by atoms with Gasteiger partial charge >= 0.3 is 0 Å². The first kappa shape index (κ1) is 18.0. The lowest BCUT2D eigenvalue weighted by atomic mass is 9.53. The molecule has 0 aromatic heterocycles. The summed E-state index contributed by atoms with van der Waals surface area (Å²) in [5.41, 5.74) is 2.94. The summed E-state index contributed by atoms with van der Waals surface area (Å²) in [4.78, 5) is 12.3. The molecule has 0 aliphatic heterocycles. The van der Waals surface area contributed by atoms with E-state index >= 15 is 0 Å². The Bertz CT molecular complexity index is 599. The highest BCUT2D eigenvalue weighted by molar-refractivity contribution is 5.78. The molecule has 5 rings (SSSR count). The number of rotatable bonds is 7. The van der Waals surface area contributed by atoms with Crippen molar-refractivity contribution >= 4 is 5.91 Å². The average Bonchev–Trinajstić information content (AvgIpc) is 2.59. The topological polar surface area (TPSA) is 41.1 Å². The smallest absolute Gasteiger partial charge is 0.233 e. The first-order valence-corrected chi connectivity index (χ1v) is 10.6. The first-order valence-electron chi connectivity index (χ1n) is 10.6. The van der Waals surface area contributed by atoms with Gasteiger partial charge in [0.2, 0.25) is 5.91 Å². The van der Waals surface area contributed by atoms with Crippen LogP contribution >= 0.6 is 0 Å². The van der Waals surface area contributed by atoms with Gasteiger partial charge in [0.15, 0.2) is 0 Å². The van der Waals surface area contributed by atoms with Gasteiger partial charge in [-0.1, -0.05) is 38.1 Å². The standard InChI is InChI=1S/C23H34N2O/c1-16(2)21-5-3-17(4-6-21)7-8-24-22(26)15-25-23-12-18-9-19(13-23)11-20(10-18)14-23/h3-6,16,18-20,25H,7-15H2,1-2H3,(H,24,26). The second-order valence-electron chi connectivity index (χ2n) is 9.55. The number of carbonyl (C=O) groups is 1. The van der Waals surface area contributed by atoms with Crippen LogP contribution in [0.3, 0.4) is 0 Å². The molecule has 0 unspecified atom stereocenters. The van der Waals surface area contributed by atoms with Crippen LogP contribution in [0.15, 0.2) is 24.3 Å². The lowest BCUT2D eigenvalue weighted by Crippen LogP contribution is -2.59. The number of benzene rings is 1. The van der Waals surface area contributed by atoms with Gasteiger partial charge in [-0.05, 0) is 79.7 Å². The Kier molecular flexibility index (Phi) is 5.09. The maximum Gasteiger partial charge on any atom is 0.233 e. The molecule has 4 fully saturated rings. The molecule has 0 heterocycles. The third-order valence-corrected chi connectivity index (χ3v) is 7.04. The summed E-state index contributed by atoms with van der Waals surface area (Å²) in [5.74, 6) is 3.49. The molecule has 1 aromatic rings. The Hall–Kier alpha value is -1.35.